The molecule has 3 heterocycles. The Kier molecular flexibility index (Phi) is 4.78. The first kappa shape index (κ1) is 17.6. The van der Waals surface area contributed by atoms with E-state index in [4.69, 9.17) is 15.2 Å². The Morgan fingerprint density at radius 1 is 1.27 bits per heavy atom. The smallest absolute Gasteiger partial charge is 0.167 e. The first-order valence-corrected chi connectivity index (χ1v) is 9.18. The number of hydrogen-bond acceptors (Lipinski definition) is 8. The van der Waals surface area contributed by atoms with E-state index in [-0.39, 0.29) is 11.9 Å². The molecular weight excluding hydrogens is 338 g/mol. The van der Waals surface area contributed by atoms with Gasteiger partial charge in [0.15, 0.2) is 17.7 Å². The Morgan fingerprint density at radius 3 is 2.77 bits per heavy atom. The van der Waals surface area contributed by atoms with Crippen LogP contribution in [0.25, 0.3) is 11.2 Å². The summed E-state index contributed by atoms with van der Waals surface area (Å²) in [6, 6.07) is 0. The fourth-order valence-corrected chi connectivity index (χ4v) is 4.22. The van der Waals surface area contributed by atoms with E-state index < -0.39 is 24.5 Å². The number of aliphatic hydroxyl groups is 2. The second-order valence-corrected chi connectivity index (χ2v) is 7.02. The lowest BCUT2D eigenvalue weighted by Gasteiger charge is -2.30. The highest BCUT2D eigenvalue weighted by molar-refractivity contribution is 5.81. The highest BCUT2D eigenvalue weighted by atomic mass is 16.6. The first-order valence-electron chi connectivity index (χ1n) is 9.18. The highest BCUT2D eigenvalue weighted by Gasteiger charge is 2.50. The molecule has 0 spiro atoms. The van der Waals surface area contributed by atoms with Crippen LogP contribution in [0.5, 0.6) is 0 Å². The van der Waals surface area contributed by atoms with Crippen molar-refractivity contribution in [2.45, 2.75) is 63.3 Å². The lowest BCUT2D eigenvalue weighted by atomic mass is 9.92. The number of imidazole rings is 1. The topological polar surface area (TPSA) is 129 Å². The van der Waals surface area contributed by atoms with Gasteiger partial charge in [0.2, 0.25) is 0 Å². The number of ether oxygens (including phenoxy) is 2. The first-order chi connectivity index (χ1) is 12.6. The van der Waals surface area contributed by atoms with E-state index >= 15 is 0 Å². The van der Waals surface area contributed by atoms with Gasteiger partial charge in [0.25, 0.3) is 0 Å². The number of fused-ring (bicyclic) bond motifs is 1. The van der Waals surface area contributed by atoms with Crippen molar-refractivity contribution in [3.63, 3.8) is 0 Å². The number of aromatic nitrogens is 4. The molecule has 2 aliphatic rings. The van der Waals surface area contributed by atoms with E-state index in [1.54, 1.807) is 4.57 Å². The van der Waals surface area contributed by atoms with E-state index in [0.29, 0.717) is 23.7 Å². The molecule has 2 aromatic heterocycles. The van der Waals surface area contributed by atoms with Gasteiger partial charge in [-0.1, -0.05) is 12.8 Å². The fourth-order valence-electron chi connectivity index (χ4n) is 4.22. The van der Waals surface area contributed by atoms with E-state index in [2.05, 4.69) is 15.0 Å². The summed E-state index contributed by atoms with van der Waals surface area (Å²) in [6.07, 6.45) is 3.45. The molecule has 0 aromatic carbocycles. The molecule has 1 saturated carbocycles. The van der Waals surface area contributed by atoms with Crippen molar-refractivity contribution < 1.29 is 19.7 Å². The lowest BCUT2D eigenvalue weighted by Crippen LogP contribution is -2.43. The molecule has 2 fully saturated rings. The molecule has 0 bridgehead atoms. The van der Waals surface area contributed by atoms with E-state index in [1.807, 2.05) is 6.92 Å². The van der Waals surface area contributed by atoms with Crippen molar-refractivity contribution in [2.75, 3.05) is 12.3 Å². The third kappa shape index (κ3) is 2.84. The van der Waals surface area contributed by atoms with E-state index in [1.165, 1.54) is 12.7 Å². The van der Waals surface area contributed by atoms with Crippen LogP contribution in [0.4, 0.5) is 5.82 Å². The SMILES string of the molecule is CCOC(C1CCCC1)[C@H]1O[C@@H](n2cnc3c(N)ncnc32)[C@H](O)[C@@H]1O. The summed E-state index contributed by atoms with van der Waals surface area (Å²) < 4.78 is 13.6. The van der Waals surface area contributed by atoms with Crippen LogP contribution in [0.15, 0.2) is 12.7 Å². The molecule has 0 radical (unpaired) electrons. The van der Waals surface area contributed by atoms with Gasteiger partial charge in [-0.25, -0.2) is 15.0 Å². The summed E-state index contributed by atoms with van der Waals surface area (Å²) >= 11 is 0. The molecule has 2 aromatic rings. The molecule has 4 rings (SSSR count). The van der Waals surface area contributed by atoms with Crippen LogP contribution in [0.3, 0.4) is 0 Å². The second-order valence-electron chi connectivity index (χ2n) is 7.02. The van der Waals surface area contributed by atoms with Crippen LogP contribution in [-0.4, -0.2) is 60.8 Å². The standard InChI is InChI=1S/C17H25N5O4/c1-2-25-13(9-5-3-4-6-9)14-11(23)12(24)17(26-14)22-8-21-10-15(18)19-7-20-16(10)22/h7-9,11-14,17,23-24H,2-6H2,1H3,(H2,18,19,20)/t11-,12+,13?,14-,17+/m0/s1. The number of hydrogen-bond donors (Lipinski definition) is 3. The number of rotatable bonds is 5. The molecule has 1 saturated heterocycles. The molecule has 9 heteroatoms. The monoisotopic (exact) mass is 363 g/mol. The molecule has 9 nitrogen and oxygen atoms in total. The van der Waals surface area contributed by atoms with Crippen LogP contribution in [0.1, 0.15) is 38.8 Å². The molecule has 1 aliphatic heterocycles. The normalized spacial score (nSPS) is 31.0. The Morgan fingerprint density at radius 2 is 2.04 bits per heavy atom. The summed E-state index contributed by atoms with van der Waals surface area (Å²) in [4.78, 5) is 12.3. The van der Waals surface area contributed by atoms with Gasteiger partial charge in [0, 0.05) is 6.61 Å². The van der Waals surface area contributed by atoms with Gasteiger partial charge in [-0.2, -0.15) is 0 Å². The van der Waals surface area contributed by atoms with Crippen LogP contribution < -0.4 is 5.73 Å². The van der Waals surface area contributed by atoms with Gasteiger partial charge in [0.05, 0.1) is 12.4 Å². The highest BCUT2D eigenvalue weighted by Crippen LogP contribution is 2.39. The summed E-state index contributed by atoms with van der Waals surface area (Å²) in [5, 5.41) is 21.3. The van der Waals surface area contributed by atoms with Crippen molar-refractivity contribution in [3.05, 3.63) is 12.7 Å². The average molecular weight is 363 g/mol. The van der Waals surface area contributed by atoms with Crippen molar-refractivity contribution in [3.8, 4) is 0 Å². The molecule has 26 heavy (non-hydrogen) atoms. The van der Waals surface area contributed by atoms with Crippen molar-refractivity contribution in [1.82, 2.24) is 19.5 Å². The summed E-state index contributed by atoms with van der Waals surface area (Å²) in [7, 11) is 0. The predicted octanol–water partition coefficient (Wildman–Crippen LogP) is 0.623. The quantitative estimate of drug-likeness (QED) is 0.705. The zero-order chi connectivity index (χ0) is 18.3. The summed E-state index contributed by atoms with van der Waals surface area (Å²) in [6.45, 7) is 2.46. The minimum Gasteiger partial charge on any atom is -0.387 e. The number of nitrogens with two attached hydrogens (primary N) is 1. The zero-order valence-electron chi connectivity index (χ0n) is 14.7. The van der Waals surface area contributed by atoms with Gasteiger partial charge in [-0.15, -0.1) is 0 Å². The lowest BCUT2D eigenvalue weighted by molar-refractivity contribution is -0.123. The Balaban J connectivity index is 1.63. The molecule has 0 amide bonds. The Bertz CT molecular complexity index is 763. The van der Waals surface area contributed by atoms with Gasteiger partial charge >= 0.3 is 0 Å². The largest absolute Gasteiger partial charge is 0.387 e. The van der Waals surface area contributed by atoms with Crippen LogP contribution in [0, 0.1) is 5.92 Å². The minimum atomic E-state index is -1.11. The van der Waals surface area contributed by atoms with Gasteiger partial charge in [-0.05, 0) is 25.7 Å². The maximum Gasteiger partial charge on any atom is 0.167 e. The van der Waals surface area contributed by atoms with Crippen molar-refractivity contribution in [1.29, 1.82) is 0 Å². The third-order valence-electron chi connectivity index (χ3n) is 5.48. The molecule has 1 aliphatic carbocycles. The van der Waals surface area contributed by atoms with Crippen LogP contribution >= 0.6 is 0 Å². The number of nitrogens with zero attached hydrogens (tertiary/aromatic N) is 4. The van der Waals surface area contributed by atoms with Crippen molar-refractivity contribution >= 4 is 17.0 Å². The molecule has 4 N–H and O–H groups in total. The number of aliphatic hydroxyl groups excluding tert-OH is 2. The van der Waals surface area contributed by atoms with Gasteiger partial charge in [-0.3, -0.25) is 4.57 Å². The summed E-state index contributed by atoms with van der Waals surface area (Å²) in [5.41, 5.74) is 6.73. The Hall–Kier alpha value is -1.81. The maximum absolute atomic E-state index is 10.7. The molecule has 5 atom stereocenters. The average Bonchev–Trinajstić information content (AvgIpc) is 3.35. The van der Waals surface area contributed by atoms with Crippen LogP contribution in [-0.2, 0) is 9.47 Å². The van der Waals surface area contributed by atoms with Crippen molar-refractivity contribution in [2.24, 2.45) is 5.92 Å². The maximum atomic E-state index is 10.7. The molecule has 1 unspecified atom stereocenters. The van der Waals surface area contributed by atoms with Crippen LogP contribution in [0.2, 0.25) is 0 Å². The minimum absolute atomic E-state index is 0.244. The zero-order valence-corrected chi connectivity index (χ0v) is 14.7. The number of nitrogen functional groups attached to an aromatic ring is 1. The second kappa shape index (κ2) is 7.07. The summed E-state index contributed by atoms with van der Waals surface area (Å²) in [5.74, 6) is 0.592. The fraction of sp³-hybridized carbons (Fsp3) is 0.706. The van der Waals surface area contributed by atoms with E-state index in [9.17, 15) is 10.2 Å². The third-order valence-corrected chi connectivity index (χ3v) is 5.48. The van der Waals surface area contributed by atoms with Gasteiger partial charge < -0.3 is 25.4 Å². The molecular formula is C17H25N5O4. The predicted molar refractivity (Wildman–Crippen MR) is 93.0 cm³/mol. The Labute approximate surface area is 151 Å². The molecule has 142 valence electrons. The van der Waals surface area contributed by atoms with Gasteiger partial charge in [0.1, 0.15) is 30.2 Å². The number of anilines is 1. The van der Waals surface area contributed by atoms with E-state index in [0.717, 1.165) is 25.7 Å².